The fourth-order valence-corrected chi connectivity index (χ4v) is 3.26. The molecule has 3 heterocycles. The molecule has 0 aromatic carbocycles. The maximum Gasteiger partial charge on any atom is 0.260 e. The minimum absolute atomic E-state index is 0. The first-order chi connectivity index (χ1) is 10.7. The summed E-state index contributed by atoms with van der Waals surface area (Å²) in [5, 5.41) is 5.43. The molecule has 1 aliphatic rings. The van der Waals surface area contributed by atoms with Crippen LogP contribution in [-0.4, -0.2) is 28.9 Å². The summed E-state index contributed by atoms with van der Waals surface area (Å²) in [6.07, 6.45) is 5.26. The third-order valence-electron chi connectivity index (χ3n) is 3.72. The Balaban J connectivity index is 0.00000144. The second-order valence-corrected chi connectivity index (χ2v) is 6.30. The average molecular weight is 393 g/mol. The highest BCUT2D eigenvalue weighted by Gasteiger charge is 2.14. The standard InChI is InChI=1S/C15H20N4O2S.2ClH/c16-7-13-6-11(9-21-13)14(20)18-15-17-12(10-22-15)8-19-4-2-1-3-5-19;;/h6,9-10H,1-5,7-8,16H2,(H,17,18,20);2*1H. The Labute approximate surface area is 157 Å². The predicted molar refractivity (Wildman–Crippen MR) is 100 cm³/mol. The van der Waals surface area contributed by atoms with E-state index in [0.717, 1.165) is 25.3 Å². The van der Waals surface area contributed by atoms with Gasteiger partial charge in [-0.2, -0.15) is 0 Å². The molecule has 0 unspecified atom stereocenters. The number of likely N-dealkylation sites (tertiary alicyclic amines) is 1. The second-order valence-electron chi connectivity index (χ2n) is 5.44. The van der Waals surface area contributed by atoms with Crippen molar-refractivity contribution in [2.24, 2.45) is 5.73 Å². The number of anilines is 1. The summed E-state index contributed by atoms with van der Waals surface area (Å²) in [5.41, 5.74) is 6.94. The summed E-state index contributed by atoms with van der Waals surface area (Å²) in [5.74, 6) is 0.373. The van der Waals surface area contributed by atoms with E-state index in [1.807, 2.05) is 5.38 Å². The number of furan rings is 1. The van der Waals surface area contributed by atoms with Crippen LogP contribution < -0.4 is 11.1 Å². The van der Waals surface area contributed by atoms with Gasteiger partial charge >= 0.3 is 0 Å². The molecule has 24 heavy (non-hydrogen) atoms. The number of amides is 1. The Kier molecular flexibility index (Phi) is 8.72. The summed E-state index contributed by atoms with van der Waals surface area (Å²) in [6.45, 7) is 3.41. The number of nitrogens with two attached hydrogens (primary N) is 1. The van der Waals surface area contributed by atoms with E-state index in [1.165, 1.54) is 36.9 Å². The molecule has 3 rings (SSSR count). The van der Waals surface area contributed by atoms with Crippen LogP contribution in [0, 0.1) is 0 Å². The lowest BCUT2D eigenvalue weighted by atomic mass is 10.1. The summed E-state index contributed by atoms with van der Waals surface area (Å²) in [7, 11) is 0. The van der Waals surface area contributed by atoms with Crippen molar-refractivity contribution in [1.82, 2.24) is 9.88 Å². The van der Waals surface area contributed by atoms with Crippen LogP contribution in [0.5, 0.6) is 0 Å². The first kappa shape index (κ1) is 20.9. The van der Waals surface area contributed by atoms with Crippen molar-refractivity contribution in [1.29, 1.82) is 0 Å². The van der Waals surface area contributed by atoms with E-state index in [0.29, 0.717) is 16.5 Å². The van der Waals surface area contributed by atoms with Crippen molar-refractivity contribution in [3.63, 3.8) is 0 Å². The van der Waals surface area contributed by atoms with Gasteiger partial charge < -0.3 is 10.2 Å². The third kappa shape index (κ3) is 5.46. The first-order valence-electron chi connectivity index (χ1n) is 7.50. The van der Waals surface area contributed by atoms with Gasteiger partial charge in [0.1, 0.15) is 12.0 Å². The molecule has 134 valence electrons. The van der Waals surface area contributed by atoms with Crippen LogP contribution in [0.3, 0.4) is 0 Å². The van der Waals surface area contributed by atoms with Crippen LogP contribution in [0.15, 0.2) is 22.1 Å². The van der Waals surface area contributed by atoms with E-state index < -0.39 is 0 Å². The van der Waals surface area contributed by atoms with Crippen molar-refractivity contribution < 1.29 is 9.21 Å². The number of aromatic nitrogens is 1. The maximum atomic E-state index is 12.1. The van der Waals surface area contributed by atoms with Crippen LogP contribution >= 0.6 is 36.2 Å². The van der Waals surface area contributed by atoms with Gasteiger partial charge in [0, 0.05) is 11.9 Å². The number of nitrogens with one attached hydrogen (secondary N) is 1. The minimum atomic E-state index is -0.220. The van der Waals surface area contributed by atoms with Crippen LogP contribution in [-0.2, 0) is 13.1 Å². The summed E-state index contributed by atoms with van der Waals surface area (Å²) >= 11 is 1.45. The van der Waals surface area contributed by atoms with E-state index in [4.69, 9.17) is 10.2 Å². The average Bonchev–Trinajstić information content (AvgIpc) is 3.17. The van der Waals surface area contributed by atoms with E-state index in [1.54, 1.807) is 6.07 Å². The number of hydrogen-bond acceptors (Lipinski definition) is 6. The lowest BCUT2D eigenvalue weighted by Gasteiger charge is -2.25. The predicted octanol–water partition coefficient (Wildman–Crippen LogP) is 3.28. The van der Waals surface area contributed by atoms with E-state index >= 15 is 0 Å². The largest absolute Gasteiger partial charge is 0.467 e. The highest BCUT2D eigenvalue weighted by molar-refractivity contribution is 7.13. The van der Waals surface area contributed by atoms with Crippen molar-refractivity contribution >= 4 is 47.2 Å². The van der Waals surface area contributed by atoms with E-state index in [9.17, 15) is 4.79 Å². The Morgan fingerprint density at radius 2 is 2.08 bits per heavy atom. The van der Waals surface area contributed by atoms with Gasteiger partial charge in [-0.05, 0) is 32.0 Å². The smallest absolute Gasteiger partial charge is 0.260 e. The first-order valence-corrected chi connectivity index (χ1v) is 8.38. The maximum absolute atomic E-state index is 12.1. The highest BCUT2D eigenvalue weighted by Crippen LogP contribution is 2.20. The molecule has 2 aromatic rings. The number of halogens is 2. The molecule has 1 fully saturated rings. The van der Waals surface area contributed by atoms with Gasteiger partial charge in [0.25, 0.3) is 5.91 Å². The molecule has 0 saturated carbocycles. The number of carbonyl (C=O) groups excluding carboxylic acids is 1. The van der Waals surface area contributed by atoms with Crippen LogP contribution in [0.25, 0.3) is 0 Å². The fourth-order valence-electron chi connectivity index (χ4n) is 2.56. The molecule has 2 aromatic heterocycles. The van der Waals surface area contributed by atoms with Gasteiger partial charge in [0.05, 0.1) is 17.8 Å². The molecule has 3 N–H and O–H groups in total. The Hall–Kier alpha value is -1.12. The summed E-state index contributed by atoms with van der Waals surface area (Å²) < 4.78 is 5.17. The molecule has 1 amide bonds. The molecule has 0 atom stereocenters. The van der Waals surface area contributed by atoms with Gasteiger partial charge in [0.15, 0.2) is 5.13 Å². The monoisotopic (exact) mass is 392 g/mol. The molecule has 9 heteroatoms. The van der Waals surface area contributed by atoms with Gasteiger partial charge in [-0.1, -0.05) is 6.42 Å². The SMILES string of the molecule is Cl.Cl.NCc1cc(C(=O)Nc2nc(CN3CCCCC3)cs2)co1. The zero-order valence-electron chi connectivity index (χ0n) is 13.2. The molecule has 0 radical (unpaired) electrons. The Morgan fingerprint density at radius 3 is 2.75 bits per heavy atom. The molecular weight excluding hydrogens is 371 g/mol. The van der Waals surface area contributed by atoms with Crippen molar-refractivity contribution in [2.75, 3.05) is 18.4 Å². The van der Waals surface area contributed by atoms with E-state index in [-0.39, 0.29) is 37.3 Å². The normalized spacial score (nSPS) is 14.5. The third-order valence-corrected chi connectivity index (χ3v) is 4.53. The van der Waals surface area contributed by atoms with Crippen LogP contribution in [0.2, 0.25) is 0 Å². The lowest BCUT2D eigenvalue weighted by Crippen LogP contribution is -2.29. The second kappa shape index (κ2) is 10.0. The molecule has 1 saturated heterocycles. The molecule has 0 aliphatic carbocycles. The van der Waals surface area contributed by atoms with Crippen molar-refractivity contribution in [2.45, 2.75) is 32.4 Å². The molecular formula is C15H22Cl2N4O2S. The topological polar surface area (TPSA) is 84.4 Å². The molecule has 1 aliphatic heterocycles. The summed E-state index contributed by atoms with van der Waals surface area (Å²) in [6, 6.07) is 1.65. The summed E-state index contributed by atoms with van der Waals surface area (Å²) in [4.78, 5) is 19.0. The molecule has 6 nitrogen and oxygen atoms in total. The number of hydrogen-bond donors (Lipinski definition) is 2. The van der Waals surface area contributed by atoms with Crippen molar-refractivity contribution in [3.8, 4) is 0 Å². The van der Waals surface area contributed by atoms with Gasteiger partial charge in [-0.15, -0.1) is 36.2 Å². The van der Waals surface area contributed by atoms with E-state index in [2.05, 4.69) is 15.2 Å². The van der Waals surface area contributed by atoms with Crippen LogP contribution in [0.1, 0.15) is 41.1 Å². The van der Waals surface area contributed by atoms with Crippen LogP contribution in [0.4, 0.5) is 5.13 Å². The number of carbonyl (C=O) groups is 1. The Bertz CT molecular complexity index is 641. The zero-order chi connectivity index (χ0) is 15.4. The van der Waals surface area contributed by atoms with Crippen molar-refractivity contribution in [3.05, 3.63) is 34.7 Å². The van der Waals surface area contributed by atoms with Gasteiger partial charge in [-0.3, -0.25) is 15.0 Å². The molecule has 0 bridgehead atoms. The van der Waals surface area contributed by atoms with Gasteiger partial charge in [0.2, 0.25) is 0 Å². The zero-order valence-corrected chi connectivity index (χ0v) is 15.6. The number of rotatable bonds is 5. The highest BCUT2D eigenvalue weighted by atomic mass is 35.5. The lowest BCUT2D eigenvalue weighted by molar-refractivity contribution is 0.102. The fraction of sp³-hybridized carbons (Fsp3) is 0.467. The Morgan fingerprint density at radius 1 is 1.33 bits per heavy atom. The number of piperidine rings is 1. The molecule has 0 spiro atoms. The minimum Gasteiger partial charge on any atom is -0.467 e. The number of thiazole rings is 1. The van der Waals surface area contributed by atoms with Gasteiger partial charge in [-0.25, -0.2) is 4.98 Å². The quantitative estimate of drug-likeness (QED) is 0.815. The number of nitrogens with zero attached hydrogens (tertiary/aromatic N) is 2.